The molecule has 8 nitrogen and oxygen atoms in total. The molecule has 0 aliphatic heterocycles. The van der Waals surface area contributed by atoms with Gasteiger partial charge in [0.25, 0.3) is 5.91 Å². The van der Waals surface area contributed by atoms with E-state index in [9.17, 15) is 14.4 Å². The van der Waals surface area contributed by atoms with Gasteiger partial charge in [-0.3, -0.25) is 14.4 Å². The highest BCUT2D eigenvalue weighted by molar-refractivity contribution is 6.12. The van der Waals surface area contributed by atoms with Crippen LogP contribution in [0.25, 0.3) is 22.2 Å². The summed E-state index contributed by atoms with van der Waals surface area (Å²) in [7, 11) is 0. The summed E-state index contributed by atoms with van der Waals surface area (Å²) in [5, 5.41) is 1.27. The quantitative estimate of drug-likeness (QED) is 0.281. The highest BCUT2D eigenvalue weighted by atomic mass is 16.3. The Morgan fingerprint density at radius 3 is 2.61 bits per heavy atom. The van der Waals surface area contributed by atoms with Crippen LogP contribution in [0.1, 0.15) is 20.9 Å². The minimum absolute atomic E-state index is 0.104. The fraction of sp³-hybridized carbons (Fsp3) is 0. The van der Waals surface area contributed by atoms with Gasteiger partial charge in [-0.25, -0.2) is 10.9 Å². The lowest BCUT2D eigenvalue weighted by molar-refractivity contribution is -0.107. The van der Waals surface area contributed by atoms with E-state index in [1.807, 2.05) is 0 Å². The van der Waals surface area contributed by atoms with Gasteiger partial charge in [0.1, 0.15) is 11.6 Å². The largest absolute Gasteiger partial charge is 0.453 e. The minimum atomic E-state index is -0.711. The van der Waals surface area contributed by atoms with Crippen molar-refractivity contribution in [1.82, 2.24) is 4.98 Å². The standard InChI is InChI=1S/C15H12N4O4/c16-14(22)13-10-3-1-8(12-4-2-9(6-20)23-12)5-11(10)18-15(13)19(17)7-21/h1-7,18H,17H2,(H2,16,22). The van der Waals surface area contributed by atoms with E-state index in [2.05, 4.69) is 4.98 Å². The molecule has 1 aromatic carbocycles. The van der Waals surface area contributed by atoms with Crippen molar-refractivity contribution < 1.29 is 18.8 Å². The monoisotopic (exact) mass is 312 g/mol. The van der Waals surface area contributed by atoms with Crippen molar-refractivity contribution in [1.29, 1.82) is 0 Å². The number of furan rings is 1. The molecule has 0 spiro atoms. The Balaban J connectivity index is 2.18. The first-order valence-electron chi connectivity index (χ1n) is 6.55. The van der Waals surface area contributed by atoms with Crippen molar-refractivity contribution >= 4 is 35.3 Å². The van der Waals surface area contributed by atoms with Gasteiger partial charge in [0.2, 0.25) is 6.41 Å². The van der Waals surface area contributed by atoms with Crippen molar-refractivity contribution in [3.05, 3.63) is 41.7 Å². The third-order valence-corrected chi connectivity index (χ3v) is 3.42. The number of nitrogens with zero attached hydrogens (tertiary/aromatic N) is 1. The first-order valence-corrected chi connectivity index (χ1v) is 6.55. The second-order valence-electron chi connectivity index (χ2n) is 4.81. The minimum Gasteiger partial charge on any atom is -0.453 e. The van der Waals surface area contributed by atoms with Gasteiger partial charge < -0.3 is 15.1 Å². The van der Waals surface area contributed by atoms with Gasteiger partial charge >= 0.3 is 0 Å². The lowest BCUT2D eigenvalue weighted by Gasteiger charge is -2.08. The van der Waals surface area contributed by atoms with Gasteiger partial charge in [0, 0.05) is 16.5 Å². The fourth-order valence-corrected chi connectivity index (χ4v) is 2.40. The Bertz CT molecular complexity index is 925. The van der Waals surface area contributed by atoms with Crippen molar-refractivity contribution in [3.8, 4) is 11.3 Å². The van der Waals surface area contributed by atoms with Crippen LogP contribution in [0, 0.1) is 0 Å². The van der Waals surface area contributed by atoms with E-state index in [-0.39, 0.29) is 17.1 Å². The summed E-state index contributed by atoms with van der Waals surface area (Å²) in [4.78, 5) is 36.1. The molecular formula is C15H12N4O4. The molecule has 8 heteroatoms. The zero-order chi connectivity index (χ0) is 16.6. The molecule has 2 heterocycles. The van der Waals surface area contributed by atoms with Crippen LogP contribution in [0.4, 0.5) is 5.82 Å². The number of carbonyl (C=O) groups is 3. The number of nitrogens with one attached hydrogen (secondary N) is 1. The first-order chi connectivity index (χ1) is 11.0. The normalized spacial score (nSPS) is 10.7. The summed E-state index contributed by atoms with van der Waals surface area (Å²) in [6.07, 6.45) is 0.970. The van der Waals surface area contributed by atoms with Gasteiger partial charge in [0.15, 0.2) is 12.0 Å². The van der Waals surface area contributed by atoms with Crippen LogP contribution in [-0.2, 0) is 4.79 Å². The number of hydrazine groups is 1. The number of aromatic nitrogens is 1. The number of aldehydes is 1. The molecule has 2 amide bonds. The Morgan fingerprint density at radius 2 is 2.00 bits per heavy atom. The second kappa shape index (κ2) is 5.43. The van der Waals surface area contributed by atoms with Crippen molar-refractivity contribution in [2.45, 2.75) is 0 Å². The highest BCUT2D eigenvalue weighted by Gasteiger charge is 2.20. The number of benzene rings is 1. The van der Waals surface area contributed by atoms with E-state index in [0.717, 1.165) is 5.01 Å². The van der Waals surface area contributed by atoms with Crippen LogP contribution in [0.15, 0.2) is 34.7 Å². The fourth-order valence-electron chi connectivity index (χ4n) is 2.40. The van der Waals surface area contributed by atoms with Crippen LogP contribution in [-0.4, -0.2) is 23.6 Å². The third-order valence-electron chi connectivity index (χ3n) is 3.42. The summed E-state index contributed by atoms with van der Waals surface area (Å²) in [5.74, 6) is 5.63. The molecule has 0 fully saturated rings. The molecule has 0 saturated heterocycles. The number of carbonyl (C=O) groups excluding carboxylic acids is 3. The van der Waals surface area contributed by atoms with E-state index < -0.39 is 5.91 Å². The number of primary amides is 1. The number of amides is 2. The smallest absolute Gasteiger partial charge is 0.253 e. The Morgan fingerprint density at radius 1 is 1.22 bits per heavy atom. The predicted octanol–water partition coefficient (Wildman–Crippen LogP) is 1.18. The van der Waals surface area contributed by atoms with Gasteiger partial charge in [0.05, 0.1) is 5.56 Å². The van der Waals surface area contributed by atoms with E-state index in [1.54, 1.807) is 30.3 Å². The van der Waals surface area contributed by atoms with E-state index in [4.69, 9.17) is 16.0 Å². The molecule has 2 aromatic heterocycles. The number of fused-ring (bicyclic) bond motifs is 1. The van der Waals surface area contributed by atoms with Gasteiger partial charge in [-0.2, -0.15) is 0 Å². The number of anilines is 1. The molecule has 0 radical (unpaired) electrons. The zero-order valence-electron chi connectivity index (χ0n) is 11.8. The second-order valence-corrected chi connectivity index (χ2v) is 4.81. The first kappa shape index (κ1) is 14.5. The summed E-state index contributed by atoms with van der Waals surface area (Å²) in [6.45, 7) is 0. The number of hydrogen-bond donors (Lipinski definition) is 3. The number of nitrogens with two attached hydrogens (primary N) is 2. The number of H-pyrrole nitrogens is 1. The summed E-state index contributed by atoms with van der Waals surface area (Å²) < 4.78 is 5.36. The maximum Gasteiger partial charge on any atom is 0.253 e. The van der Waals surface area contributed by atoms with Crippen molar-refractivity contribution in [2.24, 2.45) is 11.6 Å². The summed E-state index contributed by atoms with van der Waals surface area (Å²) in [6, 6.07) is 8.28. The van der Waals surface area contributed by atoms with E-state index in [0.29, 0.717) is 34.9 Å². The molecule has 0 unspecified atom stereocenters. The SMILES string of the molecule is NC(=O)c1c(N(N)C=O)[nH]c2cc(-c3ccc(C=O)o3)ccc12. The molecular weight excluding hydrogens is 300 g/mol. The maximum absolute atomic E-state index is 11.7. The summed E-state index contributed by atoms with van der Waals surface area (Å²) in [5.41, 5.74) is 6.73. The van der Waals surface area contributed by atoms with Crippen molar-refractivity contribution in [2.75, 3.05) is 5.01 Å². The Labute approximate surface area is 129 Å². The topological polar surface area (TPSA) is 135 Å². The molecule has 0 saturated carbocycles. The number of aromatic amines is 1. The molecule has 3 rings (SSSR count). The third kappa shape index (κ3) is 2.36. The molecule has 5 N–H and O–H groups in total. The van der Waals surface area contributed by atoms with Gasteiger partial charge in [-0.15, -0.1) is 0 Å². The van der Waals surface area contributed by atoms with Gasteiger partial charge in [-0.1, -0.05) is 12.1 Å². The Hall–Kier alpha value is -3.39. The van der Waals surface area contributed by atoms with Crippen LogP contribution >= 0.6 is 0 Å². The molecule has 0 bridgehead atoms. The summed E-state index contributed by atoms with van der Waals surface area (Å²) >= 11 is 0. The van der Waals surface area contributed by atoms with Crippen molar-refractivity contribution in [3.63, 3.8) is 0 Å². The molecule has 116 valence electrons. The van der Waals surface area contributed by atoms with Crippen LogP contribution in [0.2, 0.25) is 0 Å². The zero-order valence-corrected chi connectivity index (χ0v) is 11.8. The average Bonchev–Trinajstić information content (AvgIpc) is 3.17. The number of rotatable bonds is 5. The highest BCUT2D eigenvalue weighted by Crippen LogP contribution is 2.31. The molecule has 0 aliphatic carbocycles. The van der Waals surface area contributed by atoms with Crippen LogP contribution in [0.5, 0.6) is 0 Å². The van der Waals surface area contributed by atoms with E-state index >= 15 is 0 Å². The molecule has 3 aromatic rings. The molecule has 0 atom stereocenters. The van der Waals surface area contributed by atoms with E-state index in [1.165, 1.54) is 0 Å². The van der Waals surface area contributed by atoms with Crippen LogP contribution in [0.3, 0.4) is 0 Å². The lowest BCUT2D eigenvalue weighted by atomic mass is 10.1. The maximum atomic E-state index is 11.7. The predicted molar refractivity (Wildman–Crippen MR) is 82.6 cm³/mol. The van der Waals surface area contributed by atoms with Crippen LogP contribution < -0.4 is 16.6 Å². The van der Waals surface area contributed by atoms with Gasteiger partial charge in [-0.05, 0) is 18.2 Å². The average molecular weight is 312 g/mol. The Kier molecular flexibility index (Phi) is 3.43. The lowest BCUT2D eigenvalue weighted by Crippen LogP contribution is -2.31. The molecule has 23 heavy (non-hydrogen) atoms. The molecule has 0 aliphatic rings. The number of hydrogen-bond acceptors (Lipinski definition) is 5.